The highest BCUT2D eigenvalue weighted by molar-refractivity contribution is 8.17. The molecular weight excluding hydrogens is 464 g/mol. The maximum Gasteiger partial charge on any atom is 0.234 e. The van der Waals surface area contributed by atoms with Crippen molar-refractivity contribution in [2.75, 3.05) is 10.0 Å². The second-order valence-electron chi connectivity index (χ2n) is 8.55. The van der Waals surface area contributed by atoms with Crippen LogP contribution in [-0.2, 0) is 4.99 Å². The van der Waals surface area contributed by atoms with Gasteiger partial charge in [0, 0.05) is 16.7 Å². The van der Waals surface area contributed by atoms with E-state index in [1.807, 2.05) is 113 Å². The van der Waals surface area contributed by atoms with Crippen LogP contribution in [0.15, 0.2) is 125 Å². The average Bonchev–Trinajstić information content (AvgIpc) is 3.35. The number of carbonyl (C=O) groups excluding carboxylic acids is 1. The lowest BCUT2D eigenvalue weighted by molar-refractivity contribution is 0.106. The first-order valence-corrected chi connectivity index (χ1v) is 12.8. The van der Waals surface area contributed by atoms with Gasteiger partial charge in [-0.1, -0.05) is 97.9 Å². The van der Waals surface area contributed by atoms with E-state index >= 15 is 0 Å². The Bertz CT molecular complexity index is 1470. The largest absolute Gasteiger partial charge is 0.286 e. The third kappa shape index (κ3) is 3.53. The molecule has 5 nitrogen and oxygen atoms in total. The Morgan fingerprint density at radius 3 is 1.86 bits per heavy atom. The number of carbonyl (C=O) groups is 1. The number of nitrogens with zero attached hydrogens (tertiary/aromatic N) is 4. The van der Waals surface area contributed by atoms with Crippen LogP contribution in [0.25, 0.3) is 0 Å². The highest BCUT2D eigenvalue weighted by Gasteiger charge is 2.56. The lowest BCUT2D eigenvalue weighted by Gasteiger charge is -2.47. The van der Waals surface area contributed by atoms with E-state index in [-0.39, 0.29) is 5.78 Å². The number of hydrogen-bond acceptors (Lipinski definition) is 6. The molecule has 4 aromatic rings. The van der Waals surface area contributed by atoms with E-state index in [1.54, 1.807) is 0 Å². The Kier molecular flexibility index (Phi) is 5.66. The van der Waals surface area contributed by atoms with Crippen molar-refractivity contribution < 1.29 is 4.79 Å². The van der Waals surface area contributed by atoms with E-state index in [0.29, 0.717) is 10.6 Å². The molecule has 1 spiro atoms. The molecule has 2 aliphatic rings. The van der Waals surface area contributed by atoms with Crippen molar-refractivity contribution in [3.05, 3.63) is 132 Å². The third-order valence-electron chi connectivity index (χ3n) is 6.38. The van der Waals surface area contributed by atoms with Gasteiger partial charge in [0.1, 0.15) is 0 Å². The molecular formula is C30H24N4OS. The fourth-order valence-corrected chi connectivity index (χ4v) is 6.06. The Hall–Kier alpha value is -4.16. The first-order chi connectivity index (χ1) is 17.7. The SMILES string of the molecule is CCC1=NN(c2ccccc2)C2(SC(C(=O)c3ccccc3)=NN2c2ccccc2)c2ccccc21. The summed E-state index contributed by atoms with van der Waals surface area (Å²) in [5, 5.41) is 14.6. The van der Waals surface area contributed by atoms with Gasteiger partial charge in [0.05, 0.1) is 17.1 Å². The van der Waals surface area contributed by atoms with Crippen LogP contribution in [0.5, 0.6) is 0 Å². The van der Waals surface area contributed by atoms with Crippen LogP contribution in [0.3, 0.4) is 0 Å². The summed E-state index contributed by atoms with van der Waals surface area (Å²) in [5.41, 5.74) is 5.54. The summed E-state index contributed by atoms with van der Waals surface area (Å²) in [7, 11) is 0. The number of benzene rings is 4. The molecule has 0 N–H and O–H groups in total. The summed E-state index contributed by atoms with van der Waals surface area (Å²) in [6.07, 6.45) is 0.781. The number of hydrazone groups is 2. The molecule has 4 aromatic carbocycles. The molecule has 176 valence electrons. The molecule has 1 atom stereocenters. The smallest absolute Gasteiger partial charge is 0.234 e. The van der Waals surface area contributed by atoms with Crippen LogP contribution >= 0.6 is 11.8 Å². The standard InChI is InChI=1S/C30H24N4OS/c1-2-27-25-20-12-13-21-26(25)30(33(31-27)23-16-8-4-9-17-23)34(24-18-10-5-11-19-24)32-29(36-30)28(35)22-14-6-3-7-15-22/h3-21H,2H2,1H3. The molecule has 0 aliphatic carbocycles. The van der Waals surface area contributed by atoms with Crippen molar-refractivity contribution in [2.24, 2.45) is 10.2 Å². The van der Waals surface area contributed by atoms with Gasteiger partial charge in [-0.2, -0.15) is 10.2 Å². The van der Waals surface area contributed by atoms with Gasteiger partial charge < -0.3 is 0 Å². The molecule has 2 aliphatic heterocycles. The number of Topliss-reactive ketones (excluding diaryl/α,β-unsaturated/α-hetero) is 1. The van der Waals surface area contributed by atoms with E-state index in [4.69, 9.17) is 10.2 Å². The molecule has 2 heterocycles. The molecule has 0 aromatic heterocycles. The lowest BCUT2D eigenvalue weighted by atomic mass is 9.96. The van der Waals surface area contributed by atoms with Gasteiger partial charge in [0.25, 0.3) is 0 Å². The van der Waals surface area contributed by atoms with Gasteiger partial charge in [-0.3, -0.25) is 4.79 Å². The minimum Gasteiger partial charge on any atom is -0.286 e. The predicted octanol–water partition coefficient (Wildman–Crippen LogP) is 6.88. The topological polar surface area (TPSA) is 48.3 Å². The van der Waals surface area contributed by atoms with Gasteiger partial charge >= 0.3 is 0 Å². The van der Waals surface area contributed by atoms with Crippen LogP contribution in [-0.4, -0.2) is 16.5 Å². The minimum absolute atomic E-state index is 0.103. The maximum atomic E-state index is 13.7. The fourth-order valence-electron chi connectivity index (χ4n) is 4.70. The summed E-state index contributed by atoms with van der Waals surface area (Å²) in [4.78, 5) is 12.8. The van der Waals surface area contributed by atoms with Crippen LogP contribution in [0.2, 0.25) is 0 Å². The summed E-state index contributed by atoms with van der Waals surface area (Å²) >= 11 is 1.44. The van der Waals surface area contributed by atoms with E-state index in [1.165, 1.54) is 11.8 Å². The third-order valence-corrected chi connectivity index (χ3v) is 7.69. The summed E-state index contributed by atoms with van der Waals surface area (Å²) in [5.74, 6) is -0.103. The molecule has 1 unspecified atom stereocenters. The van der Waals surface area contributed by atoms with E-state index in [0.717, 1.165) is 34.6 Å². The van der Waals surface area contributed by atoms with Gasteiger partial charge in [-0.15, -0.1) is 0 Å². The number of hydrogen-bond donors (Lipinski definition) is 0. The second kappa shape index (κ2) is 9.13. The van der Waals surface area contributed by atoms with Gasteiger partial charge in [-0.05, 0) is 42.4 Å². The van der Waals surface area contributed by atoms with Crippen molar-refractivity contribution in [3.8, 4) is 0 Å². The zero-order valence-corrected chi connectivity index (χ0v) is 20.6. The van der Waals surface area contributed by atoms with Crippen LogP contribution in [0, 0.1) is 0 Å². The molecule has 0 radical (unpaired) electrons. The molecule has 0 saturated carbocycles. The Morgan fingerprint density at radius 2 is 1.25 bits per heavy atom. The molecule has 6 rings (SSSR count). The molecule has 0 saturated heterocycles. The van der Waals surface area contributed by atoms with Gasteiger partial charge in [0.2, 0.25) is 10.8 Å². The highest BCUT2D eigenvalue weighted by Crippen LogP contribution is 2.55. The summed E-state index contributed by atoms with van der Waals surface area (Å²) in [6, 6.07) is 37.8. The number of thioether (sulfide) groups is 1. The number of ketones is 1. The van der Waals surface area contributed by atoms with E-state index in [2.05, 4.69) is 19.1 Å². The Labute approximate surface area is 214 Å². The van der Waals surface area contributed by atoms with Crippen LogP contribution in [0.1, 0.15) is 34.8 Å². The van der Waals surface area contributed by atoms with E-state index < -0.39 is 4.99 Å². The average molecular weight is 489 g/mol. The number of fused-ring (bicyclic) bond motifs is 2. The highest BCUT2D eigenvalue weighted by atomic mass is 32.2. The summed E-state index contributed by atoms with van der Waals surface area (Å²) < 4.78 is 0. The zero-order valence-electron chi connectivity index (χ0n) is 19.8. The monoisotopic (exact) mass is 488 g/mol. The fraction of sp³-hybridized carbons (Fsp3) is 0.100. The van der Waals surface area contributed by atoms with Crippen molar-refractivity contribution >= 4 is 39.7 Å². The predicted molar refractivity (Wildman–Crippen MR) is 149 cm³/mol. The molecule has 6 heteroatoms. The zero-order chi connectivity index (χ0) is 24.5. The molecule has 0 bridgehead atoms. The Balaban J connectivity index is 1.61. The van der Waals surface area contributed by atoms with Crippen molar-refractivity contribution in [3.63, 3.8) is 0 Å². The van der Waals surface area contributed by atoms with Crippen molar-refractivity contribution in [1.82, 2.24) is 0 Å². The normalized spacial score (nSPS) is 18.6. The van der Waals surface area contributed by atoms with Gasteiger partial charge in [0.15, 0.2) is 5.04 Å². The first kappa shape index (κ1) is 22.3. The quantitative estimate of drug-likeness (QED) is 0.287. The van der Waals surface area contributed by atoms with Crippen LogP contribution in [0.4, 0.5) is 11.4 Å². The minimum atomic E-state index is -0.919. The van der Waals surface area contributed by atoms with Crippen molar-refractivity contribution in [1.29, 1.82) is 0 Å². The lowest BCUT2D eigenvalue weighted by Crippen LogP contribution is -2.53. The number of para-hydroxylation sites is 2. The maximum absolute atomic E-state index is 13.7. The summed E-state index contributed by atoms with van der Waals surface area (Å²) in [6.45, 7) is 2.12. The first-order valence-electron chi connectivity index (χ1n) is 12.0. The molecule has 0 amide bonds. The molecule has 0 fully saturated rings. The second-order valence-corrected chi connectivity index (χ2v) is 9.71. The van der Waals surface area contributed by atoms with Crippen LogP contribution < -0.4 is 10.0 Å². The van der Waals surface area contributed by atoms with Crippen molar-refractivity contribution in [2.45, 2.75) is 18.3 Å². The van der Waals surface area contributed by atoms with E-state index in [9.17, 15) is 4.79 Å². The number of rotatable bonds is 5. The number of anilines is 2. The Morgan fingerprint density at radius 1 is 0.722 bits per heavy atom. The van der Waals surface area contributed by atoms with Gasteiger partial charge in [-0.25, -0.2) is 10.0 Å². The molecule has 36 heavy (non-hydrogen) atoms.